The lowest BCUT2D eigenvalue weighted by Crippen LogP contribution is -2.49. The molecule has 1 aromatic heterocycles. The molecule has 5 nitrogen and oxygen atoms in total. The van der Waals surface area contributed by atoms with Gasteiger partial charge in [0.05, 0.1) is 4.70 Å². The van der Waals surface area contributed by atoms with Crippen molar-refractivity contribution in [3.8, 4) is 0 Å². The predicted octanol–water partition coefficient (Wildman–Crippen LogP) is 5.71. The van der Waals surface area contributed by atoms with Crippen molar-refractivity contribution in [1.29, 1.82) is 0 Å². The topological polar surface area (TPSA) is 48.5 Å². The molecule has 184 valence electrons. The van der Waals surface area contributed by atoms with Crippen LogP contribution in [0.15, 0.2) is 54.6 Å². The van der Waals surface area contributed by atoms with Gasteiger partial charge in [0.2, 0.25) is 5.91 Å². The van der Waals surface area contributed by atoms with Crippen molar-refractivity contribution in [3.05, 3.63) is 65.2 Å². The maximum absolute atomic E-state index is 12.4. The van der Waals surface area contributed by atoms with E-state index in [1.807, 2.05) is 30.3 Å². The van der Waals surface area contributed by atoms with Crippen LogP contribution in [0.1, 0.15) is 31.2 Å². The Labute approximate surface area is 216 Å². The first kappa shape index (κ1) is 24.3. The van der Waals surface area contributed by atoms with E-state index in [0.717, 1.165) is 50.6 Å². The fourth-order valence-corrected chi connectivity index (χ4v) is 6.44. The van der Waals surface area contributed by atoms with Crippen molar-refractivity contribution in [2.75, 3.05) is 44.2 Å². The molecule has 2 heterocycles. The maximum Gasteiger partial charge on any atom is 0.244 e. The van der Waals surface area contributed by atoms with Gasteiger partial charge in [-0.2, -0.15) is 4.37 Å². The molecule has 0 spiro atoms. The van der Waals surface area contributed by atoms with Crippen molar-refractivity contribution >= 4 is 51.0 Å². The van der Waals surface area contributed by atoms with Crippen LogP contribution in [-0.4, -0.2) is 54.4 Å². The molecule has 0 bridgehead atoms. The molecule has 2 fully saturated rings. The molecule has 7 heteroatoms. The zero-order valence-corrected chi connectivity index (χ0v) is 21.6. The smallest absolute Gasteiger partial charge is 0.244 e. The van der Waals surface area contributed by atoms with E-state index in [2.05, 4.69) is 39.4 Å². The van der Waals surface area contributed by atoms with Gasteiger partial charge >= 0.3 is 0 Å². The molecule has 1 saturated heterocycles. The van der Waals surface area contributed by atoms with E-state index in [9.17, 15) is 4.79 Å². The normalized spacial score (nSPS) is 21.6. The lowest BCUT2D eigenvalue weighted by Gasteiger charge is -2.40. The van der Waals surface area contributed by atoms with Crippen LogP contribution in [0.25, 0.3) is 16.2 Å². The molecule has 5 rings (SSSR count). The number of amides is 1. The number of rotatable bonds is 7. The summed E-state index contributed by atoms with van der Waals surface area (Å²) in [5.41, 5.74) is 0.938. The lowest BCUT2D eigenvalue weighted by atomic mass is 9.78. The largest absolute Gasteiger partial charge is 0.353 e. The number of hydrogen-bond donors (Lipinski definition) is 1. The zero-order valence-electron chi connectivity index (χ0n) is 20.0. The second kappa shape index (κ2) is 11.5. The van der Waals surface area contributed by atoms with Crippen molar-refractivity contribution in [2.45, 2.75) is 25.7 Å². The van der Waals surface area contributed by atoms with Gasteiger partial charge in [0.25, 0.3) is 0 Å². The van der Waals surface area contributed by atoms with Crippen LogP contribution in [0.3, 0.4) is 0 Å². The van der Waals surface area contributed by atoms with Gasteiger partial charge in [-0.3, -0.25) is 9.69 Å². The second-order valence-electron chi connectivity index (χ2n) is 9.73. The highest BCUT2D eigenvalue weighted by Crippen LogP contribution is 2.32. The first-order valence-corrected chi connectivity index (χ1v) is 13.8. The van der Waals surface area contributed by atoms with Crippen molar-refractivity contribution < 1.29 is 4.79 Å². The first-order chi connectivity index (χ1) is 17.2. The maximum atomic E-state index is 12.4. The number of carbonyl (C=O) groups excluding carboxylic acids is 1. The Morgan fingerprint density at radius 2 is 1.86 bits per heavy atom. The Balaban J connectivity index is 1.11. The minimum atomic E-state index is -0.0293. The Kier molecular flexibility index (Phi) is 8.02. The Hall–Kier alpha value is -2.41. The standard InChI is InChI=1S/C28H33ClN4OS/c29-24-9-5-6-21(18-24)12-13-27(34)30-19-22-7-1-2-8-23(22)20-32-14-16-33(17-15-32)28-25-10-3-4-11-26(25)35-31-28/h3-6,9-13,18,22-23H,1-2,7-8,14-17,19-20H2,(H,30,34)/b13-12+/t22-,23+/m1/s1. The molecule has 2 aliphatic rings. The van der Waals surface area contributed by atoms with Crippen molar-refractivity contribution in [2.24, 2.45) is 11.8 Å². The molecule has 1 aliphatic heterocycles. The number of nitrogens with one attached hydrogen (secondary N) is 1. The summed E-state index contributed by atoms with van der Waals surface area (Å²) >= 11 is 7.63. The molecule has 1 saturated carbocycles. The summed E-state index contributed by atoms with van der Waals surface area (Å²) in [7, 11) is 0. The number of fused-ring (bicyclic) bond motifs is 1. The van der Waals surface area contributed by atoms with E-state index in [0.29, 0.717) is 16.9 Å². The summed E-state index contributed by atoms with van der Waals surface area (Å²) in [4.78, 5) is 17.5. The van der Waals surface area contributed by atoms with Crippen LogP contribution >= 0.6 is 23.1 Å². The van der Waals surface area contributed by atoms with Gasteiger partial charge < -0.3 is 10.2 Å². The second-order valence-corrected chi connectivity index (χ2v) is 11.0. The molecule has 1 amide bonds. The summed E-state index contributed by atoms with van der Waals surface area (Å²) in [6.07, 6.45) is 8.47. The molecule has 0 unspecified atom stereocenters. The molecule has 3 aromatic rings. The molecular formula is C28H33ClN4OS. The molecule has 1 N–H and O–H groups in total. The number of carbonyl (C=O) groups is 1. The molecular weight excluding hydrogens is 476 g/mol. The van der Waals surface area contributed by atoms with Crippen LogP contribution in [0, 0.1) is 11.8 Å². The van der Waals surface area contributed by atoms with Crippen molar-refractivity contribution in [1.82, 2.24) is 14.6 Å². The molecule has 1 aliphatic carbocycles. The summed E-state index contributed by atoms with van der Waals surface area (Å²) in [6.45, 7) is 6.08. The third-order valence-electron chi connectivity index (χ3n) is 7.40. The average Bonchev–Trinajstić information content (AvgIpc) is 3.32. The number of anilines is 1. The Morgan fingerprint density at radius 1 is 1.06 bits per heavy atom. The minimum absolute atomic E-state index is 0.0293. The zero-order chi connectivity index (χ0) is 24.0. The lowest BCUT2D eigenvalue weighted by molar-refractivity contribution is -0.116. The Bertz CT molecular complexity index is 1170. The average molecular weight is 509 g/mol. The number of nitrogens with zero attached hydrogens (tertiary/aromatic N) is 3. The summed E-state index contributed by atoms with van der Waals surface area (Å²) in [6, 6.07) is 16.1. The van der Waals surface area contributed by atoms with E-state index in [-0.39, 0.29) is 5.91 Å². The monoisotopic (exact) mass is 508 g/mol. The van der Waals surface area contributed by atoms with Crippen molar-refractivity contribution in [3.63, 3.8) is 0 Å². The van der Waals surface area contributed by atoms with E-state index in [4.69, 9.17) is 16.0 Å². The van der Waals surface area contributed by atoms with Gasteiger partial charge in [-0.25, -0.2) is 0 Å². The van der Waals surface area contributed by atoms with Gasteiger partial charge in [0.1, 0.15) is 5.82 Å². The first-order valence-electron chi connectivity index (χ1n) is 12.7. The van der Waals surface area contributed by atoms with Gasteiger partial charge in [-0.05, 0) is 72.1 Å². The molecule has 2 atom stereocenters. The van der Waals surface area contributed by atoms with E-state index in [1.165, 1.54) is 35.8 Å². The third-order valence-corrected chi connectivity index (χ3v) is 8.46. The quantitative estimate of drug-likeness (QED) is 0.415. The van der Waals surface area contributed by atoms with Crippen LogP contribution in [0.4, 0.5) is 5.82 Å². The fourth-order valence-electron chi connectivity index (χ4n) is 5.44. The molecule has 2 aromatic carbocycles. The van der Waals surface area contributed by atoms with E-state index >= 15 is 0 Å². The van der Waals surface area contributed by atoms with Gasteiger partial charge in [-0.1, -0.05) is 48.7 Å². The number of benzene rings is 2. The van der Waals surface area contributed by atoms with Crippen LogP contribution in [-0.2, 0) is 4.79 Å². The molecule has 35 heavy (non-hydrogen) atoms. The van der Waals surface area contributed by atoms with E-state index < -0.39 is 0 Å². The highest BCUT2D eigenvalue weighted by molar-refractivity contribution is 7.13. The van der Waals surface area contributed by atoms with Crippen LogP contribution < -0.4 is 10.2 Å². The van der Waals surface area contributed by atoms with Gasteiger partial charge in [0, 0.05) is 55.8 Å². The van der Waals surface area contributed by atoms with Gasteiger partial charge in [-0.15, -0.1) is 0 Å². The Morgan fingerprint density at radius 3 is 2.69 bits per heavy atom. The third kappa shape index (κ3) is 6.24. The number of aromatic nitrogens is 1. The summed E-state index contributed by atoms with van der Waals surface area (Å²) in [5, 5.41) is 5.11. The van der Waals surface area contributed by atoms with Crippen LogP contribution in [0.5, 0.6) is 0 Å². The summed E-state index contributed by atoms with van der Waals surface area (Å²) < 4.78 is 6.01. The highest BCUT2D eigenvalue weighted by atomic mass is 35.5. The number of piperazine rings is 1. The predicted molar refractivity (Wildman–Crippen MR) is 147 cm³/mol. The van der Waals surface area contributed by atoms with E-state index in [1.54, 1.807) is 17.6 Å². The fraction of sp³-hybridized carbons (Fsp3) is 0.429. The summed E-state index contributed by atoms with van der Waals surface area (Å²) in [5.74, 6) is 2.31. The minimum Gasteiger partial charge on any atom is -0.353 e. The number of halogens is 1. The highest BCUT2D eigenvalue weighted by Gasteiger charge is 2.29. The van der Waals surface area contributed by atoms with Gasteiger partial charge in [0.15, 0.2) is 0 Å². The number of hydrogen-bond acceptors (Lipinski definition) is 5. The van der Waals surface area contributed by atoms with Crippen LogP contribution in [0.2, 0.25) is 5.02 Å². The SMILES string of the molecule is O=C(/C=C/c1cccc(Cl)c1)NC[C@H]1CCCC[C@H]1CN1CCN(c2nsc3ccccc23)CC1. The molecule has 0 radical (unpaired) electrons.